The Morgan fingerprint density at radius 2 is 1.83 bits per heavy atom. The number of aromatic nitrogens is 2. The van der Waals surface area contributed by atoms with Crippen molar-refractivity contribution in [1.29, 1.82) is 0 Å². The third kappa shape index (κ3) is 4.04. The number of nitrogens with zero attached hydrogens (tertiary/aromatic N) is 2. The van der Waals surface area contributed by atoms with E-state index in [0.29, 0.717) is 15.9 Å². The Labute approximate surface area is 149 Å². The highest BCUT2D eigenvalue weighted by Crippen LogP contribution is 2.24. The van der Waals surface area contributed by atoms with E-state index in [1.165, 1.54) is 6.08 Å². The molecule has 1 amide bonds. The highest BCUT2D eigenvalue weighted by atomic mass is 35.5. The molecule has 0 aliphatic rings. The number of hydrogen-bond acceptors (Lipinski definition) is 2. The van der Waals surface area contributed by atoms with Gasteiger partial charge in [-0.1, -0.05) is 53.5 Å². The van der Waals surface area contributed by atoms with Crippen molar-refractivity contribution in [2.45, 2.75) is 0 Å². The molecule has 0 spiro atoms. The van der Waals surface area contributed by atoms with Crippen molar-refractivity contribution in [2.75, 3.05) is 5.32 Å². The van der Waals surface area contributed by atoms with Gasteiger partial charge >= 0.3 is 0 Å². The van der Waals surface area contributed by atoms with Gasteiger partial charge in [-0.3, -0.25) is 4.79 Å². The minimum absolute atomic E-state index is 0.252. The van der Waals surface area contributed by atoms with Crippen LogP contribution in [0.2, 0.25) is 10.0 Å². The smallest absolute Gasteiger partial charge is 0.249 e. The SMILES string of the molecule is O=C(/C=C/c1ccccc1)Nc1ccn(-c2ccc(Cl)c(Cl)c2)n1. The minimum Gasteiger partial charge on any atom is -0.306 e. The van der Waals surface area contributed by atoms with Gasteiger partial charge in [0.1, 0.15) is 0 Å². The molecule has 0 radical (unpaired) electrons. The van der Waals surface area contributed by atoms with Crippen molar-refractivity contribution in [2.24, 2.45) is 0 Å². The highest BCUT2D eigenvalue weighted by Gasteiger charge is 2.05. The third-order valence-corrected chi connectivity index (χ3v) is 3.97. The van der Waals surface area contributed by atoms with Crippen LogP contribution in [-0.4, -0.2) is 15.7 Å². The molecule has 0 unspecified atom stereocenters. The number of anilines is 1. The fourth-order valence-electron chi connectivity index (χ4n) is 2.07. The van der Waals surface area contributed by atoms with Gasteiger partial charge in [0.05, 0.1) is 15.7 Å². The monoisotopic (exact) mass is 357 g/mol. The second-order valence-electron chi connectivity index (χ2n) is 4.98. The van der Waals surface area contributed by atoms with Crippen molar-refractivity contribution in [1.82, 2.24) is 9.78 Å². The lowest BCUT2D eigenvalue weighted by Gasteiger charge is -2.03. The first-order chi connectivity index (χ1) is 11.6. The molecule has 0 atom stereocenters. The first kappa shape index (κ1) is 16.3. The average Bonchev–Trinajstić information content (AvgIpc) is 3.05. The Balaban J connectivity index is 1.68. The largest absolute Gasteiger partial charge is 0.306 e. The molecule has 1 heterocycles. The molecule has 0 aliphatic heterocycles. The fourth-order valence-corrected chi connectivity index (χ4v) is 2.36. The standard InChI is InChI=1S/C18H13Cl2N3O/c19-15-8-7-14(12-16(15)20)23-11-10-17(22-23)21-18(24)9-6-13-4-2-1-3-5-13/h1-12H,(H,21,22,24)/b9-6+. The summed E-state index contributed by atoms with van der Waals surface area (Å²) in [6.45, 7) is 0. The maximum Gasteiger partial charge on any atom is 0.249 e. The molecular weight excluding hydrogens is 345 g/mol. The van der Waals surface area contributed by atoms with E-state index in [4.69, 9.17) is 23.2 Å². The lowest BCUT2D eigenvalue weighted by Crippen LogP contribution is -2.08. The molecule has 0 bridgehead atoms. The van der Waals surface area contributed by atoms with Gasteiger partial charge < -0.3 is 5.32 Å². The van der Waals surface area contributed by atoms with Crippen LogP contribution in [0.4, 0.5) is 5.82 Å². The topological polar surface area (TPSA) is 46.9 Å². The van der Waals surface area contributed by atoms with Crippen molar-refractivity contribution in [3.63, 3.8) is 0 Å². The van der Waals surface area contributed by atoms with Crippen LogP contribution in [-0.2, 0) is 4.79 Å². The summed E-state index contributed by atoms with van der Waals surface area (Å²) < 4.78 is 1.61. The molecule has 1 N–H and O–H groups in total. The van der Waals surface area contributed by atoms with Gasteiger partial charge in [0.15, 0.2) is 5.82 Å². The zero-order valence-electron chi connectivity index (χ0n) is 12.5. The van der Waals surface area contributed by atoms with E-state index < -0.39 is 0 Å². The van der Waals surface area contributed by atoms with E-state index >= 15 is 0 Å². The summed E-state index contributed by atoms with van der Waals surface area (Å²) in [5.41, 5.74) is 1.71. The van der Waals surface area contributed by atoms with E-state index in [1.807, 2.05) is 30.3 Å². The molecule has 3 rings (SSSR count). The molecule has 0 aliphatic carbocycles. The number of carbonyl (C=O) groups is 1. The van der Waals surface area contributed by atoms with E-state index in [2.05, 4.69) is 10.4 Å². The van der Waals surface area contributed by atoms with E-state index in [9.17, 15) is 4.79 Å². The Bertz CT molecular complexity index is 888. The van der Waals surface area contributed by atoms with E-state index in [-0.39, 0.29) is 5.91 Å². The van der Waals surface area contributed by atoms with Crippen LogP contribution in [0.3, 0.4) is 0 Å². The molecule has 0 saturated heterocycles. The zero-order chi connectivity index (χ0) is 16.9. The fraction of sp³-hybridized carbons (Fsp3) is 0. The summed E-state index contributed by atoms with van der Waals surface area (Å²) in [5.74, 6) is 0.196. The maximum atomic E-state index is 11.9. The number of hydrogen-bond donors (Lipinski definition) is 1. The predicted octanol–water partition coefficient (Wildman–Crippen LogP) is 4.83. The molecule has 24 heavy (non-hydrogen) atoms. The molecule has 0 fully saturated rings. The number of carbonyl (C=O) groups excluding carboxylic acids is 1. The summed E-state index contributed by atoms with van der Waals surface area (Å²) in [7, 11) is 0. The zero-order valence-corrected chi connectivity index (χ0v) is 14.0. The van der Waals surface area contributed by atoms with Crippen molar-refractivity contribution >= 4 is 41.0 Å². The van der Waals surface area contributed by atoms with Crippen molar-refractivity contribution in [3.8, 4) is 5.69 Å². The number of nitrogens with one attached hydrogen (secondary N) is 1. The summed E-state index contributed by atoms with van der Waals surface area (Å²) in [6.07, 6.45) is 4.94. The predicted molar refractivity (Wildman–Crippen MR) is 97.7 cm³/mol. The molecule has 6 heteroatoms. The third-order valence-electron chi connectivity index (χ3n) is 3.23. The van der Waals surface area contributed by atoms with Gasteiger partial charge in [-0.25, -0.2) is 4.68 Å². The summed E-state index contributed by atoms with van der Waals surface area (Å²) in [5, 5.41) is 7.93. The molecule has 1 aromatic heterocycles. The number of halogens is 2. The first-order valence-corrected chi connectivity index (χ1v) is 7.92. The van der Waals surface area contributed by atoms with Gasteiger partial charge in [0.2, 0.25) is 5.91 Å². The molecule has 2 aromatic carbocycles. The van der Waals surface area contributed by atoms with Crippen LogP contribution in [0.25, 0.3) is 11.8 Å². The average molecular weight is 358 g/mol. The number of rotatable bonds is 4. The first-order valence-electron chi connectivity index (χ1n) is 7.17. The summed E-state index contributed by atoms with van der Waals surface area (Å²) in [4.78, 5) is 11.9. The van der Waals surface area contributed by atoms with Crippen LogP contribution in [0, 0.1) is 0 Å². The molecular formula is C18H13Cl2N3O. The molecule has 0 saturated carbocycles. The lowest BCUT2D eigenvalue weighted by atomic mass is 10.2. The minimum atomic E-state index is -0.252. The van der Waals surface area contributed by atoms with E-state index in [0.717, 1.165) is 11.3 Å². The van der Waals surface area contributed by atoms with Crippen LogP contribution >= 0.6 is 23.2 Å². The van der Waals surface area contributed by atoms with Crippen LogP contribution < -0.4 is 5.32 Å². The second kappa shape index (κ2) is 7.34. The number of amides is 1. The summed E-state index contributed by atoms with van der Waals surface area (Å²) >= 11 is 11.9. The molecule has 3 aromatic rings. The lowest BCUT2D eigenvalue weighted by molar-refractivity contribution is -0.111. The van der Waals surface area contributed by atoms with Crippen LogP contribution in [0.15, 0.2) is 66.9 Å². The second-order valence-corrected chi connectivity index (χ2v) is 5.79. The Hall–Kier alpha value is -2.56. The highest BCUT2D eigenvalue weighted by molar-refractivity contribution is 6.42. The van der Waals surface area contributed by atoms with Gasteiger partial charge in [-0.05, 0) is 29.8 Å². The molecule has 120 valence electrons. The number of benzene rings is 2. The summed E-state index contributed by atoms with van der Waals surface area (Å²) in [6, 6.07) is 16.5. The van der Waals surface area contributed by atoms with Gasteiger partial charge in [0.25, 0.3) is 0 Å². The van der Waals surface area contributed by atoms with Gasteiger partial charge in [0, 0.05) is 18.3 Å². The normalized spacial score (nSPS) is 10.9. The Morgan fingerprint density at radius 3 is 2.58 bits per heavy atom. The Morgan fingerprint density at radius 1 is 1.04 bits per heavy atom. The van der Waals surface area contributed by atoms with Crippen molar-refractivity contribution < 1.29 is 4.79 Å². The van der Waals surface area contributed by atoms with Crippen LogP contribution in [0.5, 0.6) is 0 Å². The van der Waals surface area contributed by atoms with Gasteiger partial charge in [-0.15, -0.1) is 0 Å². The van der Waals surface area contributed by atoms with E-state index in [1.54, 1.807) is 41.2 Å². The molecule has 4 nitrogen and oxygen atoms in total. The van der Waals surface area contributed by atoms with Gasteiger partial charge in [-0.2, -0.15) is 5.10 Å². The quantitative estimate of drug-likeness (QED) is 0.679. The van der Waals surface area contributed by atoms with Crippen molar-refractivity contribution in [3.05, 3.63) is 82.5 Å². The van der Waals surface area contributed by atoms with Crippen LogP contribution in [0.1, 0.15) is 5.56 Å². The maximum absolute atomic E-state index is 11.9. The Kier molecular flexibility index (Phi) is 4.99.